The number of hydrogen-bond acceptors (Lipinski definition) is 10. The molecule has 1 aliphatic heterocycles. The molecule has 2 rings (SSSR count). The lowest BCUT2D eigenvalue weighted by atomic mass is 10.1. The predicted molar refractivity (Wildman–Crippen MR) is 90.1 cm³/mol. The molecule has 0 spiro atoms. The number of nitrogens with zero attached hydrogens (tertiary/aromatic N) is 1. The summed E-state index contributed by atoms with van der Waals surface area (Å²) in [4.78, 5) is 32.2. The van der Waals surface area contributed by atoms with Crippen molar-refractivity contribution >= 4 is 27.9 Å². The van der Waals surface area contributed by atoms with E-state index in [-0.39, 0.29) is 11.4 Å². The molecule has 13 nitrogen and oxygen atoms in total. The highest BCUT2D eigenvalue weighted by Gasteiger charge is 2.45. The normalized spacial score (nSPS) is 30.0. The fourth-order valence-corrected chi connectivity index (χ4v) is 4.58. The van der Waals surface area contributed by atoms with Crippen molar-refractivity contribution in [2.45, 2.75) is 31.5 Å². The largest absolute Gasteiger partial charge is 0.481 e. The SMILES string of the molecule is CCOP(=O)(O)OP(=O)(O)OC[C@H]1O[C@@H](n2ccc(=O)[nH]c2=S)[C@H](O)[C@@H]1O. The molecule has 154 valence electrons. The molecule has 1 saturated heterocycles. The Labute approximate surface area is 157 Å². The summed E-state index contributed by atoms with van der Waals surface area (Å²) in [5, 5.41) is 20.1. The van der Waals surface area contributed by atoms with E-state index in [0.717, 1.165) is 10.6 Å². The molecule has 0 bridgehead atoms. The van der Waals surface area contributed by atoms with Gasteiger partial charge in [0, 0.05) is 12.3 Å². The van der Waals surface area contributed by atoms with Gasteiger partial charge in [0.05, 0.1) is 13.2 Å². The molecular formula is C11H18N2O11P2S. The maximum absolute atomic E-state index is 11.7. The molecule has 0 aliphatic carbocycles. The highest BCUT2D eigenvalue weighted by Crippen LogP contribution is 2.60. The number of phosphoric acid groups is 2. The summed E-state index contributed by atoms with van der Waals surface area (Å²) in [5.74, 6) is 0. The van der Waals surface area contributed by atoms with Gasteiger partial charge in [0.1, 0.15) is 18.3 Å². The Morgan fingerprint density at radius 3 is 2.48 bits per heavy atom. The van der Waals surface area contributed by atoms with Gasteiger partial charge in [-0.3, -0.25) is 23.4 Å². The Morgan fingerprint density at radius 2 is 1.89 bits per heavy atom. The summed E-state index contributed by atoms with van der Waals surface area (Å²) >= 11 is 4.94. The maximum Gasteiger partial charge on any atom is 0.481 e. The molecule has 2 heterocycles. The van der Waals surface area contributed by atoms with Crippen LogP contribution in [-0.4, -0.2) is 61.1 Å². The van der Waals surface area contributed by atoms with Crippen LogP contribution in [0.25, 0.3) is 0 Å². The lowest BCUT2D eigenvalue weighted by Gasteiger charge is -2.19. The minimum Gasteiger partial charge on any atom is -0.387 e. The van der Waals surface area contributed by atoms with E-state index in [0.29, 0.717) is 0 Å². The quantitative estimate of drug-likeness (QED) is 0.260. The summed E-state index contributed by atoms with van der Waals surface area (Å²) in [7, 11) is -9.85. The topological polar surface area (TPSA) is 190 Å². The number of H-pyrrole nitrogens is 1. The van der Waals surface area contributed by atoms with E-state index in [4.69, 9.17) is 17.0 Å². The molecule has 27 heavy (non-hydrogen) atoms. The fraction of sp³-hybridized carbons (Fsp3) is 0.636. The summed E-state index contributed by atoms with van der Waals surface area (Å²) in [5.41, 5.74) is -0.481. The molecular weight excluding hydrogens is 430 g/mol. The minimum atomic E-state index is -5.04. The second-order valence-electron chi connectivity index (χ2n) is 5.30. The van der Waals surface area contributed by atoms with Crippen molar-refractivity contribution in [2.75, 3.05) is 13.2 Å². The van der Waals surface area contributed by atoms with Crippen LogP contribution >= 0.6 is 27.9 Å². The standard InChI is InChI=1S/C11H18N2O11P2S/c1-2-21-25(17,18)24-26(19,20)22-5-6-8(15)9(16)10(23-6)13-4-3-7(14)12-11(13)27/h3-4,6,8-10,15-16H,2,5H2,1H3,(H,17,18)(H,19,20)(H,12,14,27)/t6-,8-,9-,10-/m1/s1. The molecule has 1 aliphatic rings. The Hall–Kier alpha value is -0.760. The second kappa shape index (κ2) is 8.72. The van der Waals surface area contributed by atoms with Crippen LogP contribution in [0.3, 0.4) is 0 Å². The third-order valence-corrected chi connectivity index (χ3v) is 6.39. The number of aromatic amines is 1. The van der Waals surface area contributed by atoms with Crippen LogP contribution in [0.15, 0.2) is 17.1 Å². The second-order valence-corrected chi connectivity index (χ2v) is 8.73. The Bertz CT molecular complexity index is 872. The van der Waals surface area contributed by atoms with Crippen molar-refractivity contribution in [3.63, 3.8) is 0 Å². The van der Waals surface area contributed by atoms with Crippen molar-refractivity contribution < 1.29 is 47.2 Å². The van der Waals surface area contributed by atoms with E-state index in [1.807, 2.05) is 0 Å². The van der Waals surface area contributed by atoms with Gasteiger partial charge in [-0.25, -0.2) is 9.13 Å². The molecule has 16 heteroatoms. The van der Waals surface area contributed by atoms with E-state index >= 15 is 0 Å². The number of aliphatic hydroxyl groups is 2. The van der Waals surface area contributed by atoms with E-state index in [2.05, 4.69) is 18.3 Å². The van der Waals surface area contributed by atoms with Gasteiger partial charge in [-0.15, -0.1) is 0 Å². The fourth-order valence-electron chi connectivity index (χ4n) is 2.23. The first-order valence-electron chi connectivity index (χ1n) is 7.45. The predicted octanol–water partition coefficient (Wildman–Crippen LogP) is -0.204. The lowest BCUT2D eigenvalue weighted by molar-refractivity contribution is -0.0534. The number of aliphatic hydroxyl groups excluding tert-OH is 2. The van der Waals surface area contributed by atoms with E-state index < -0.39 is 52.4 Å². The summed E-state index contributed by atoms with van der Waals surface area (Å²) in [6, 6.07) is 1.12. The molecule has 0 amide bonds. The summed E-state index contributed by atoms with van der Waals surface area (Å²) in [6.45, 7) is 0.332. The van der Waals surface area contributed by atoms with Crippen molar-refractivity contribution in [1.82, 2.24) is 9.55 Å². The van der Waals surface area contributed by atoms with Crippen LogP contribution in [0.2, 0.25) is 0 Å². The Balaban J connectivity index is 2.05. The third kappa shape index (κ3) is 5.86. The number of ether oxygens (including phenoxy) is 1. The average Bonchev–Trinajstić information content (AvgIpc) is 2.80. The molecule has 6 atom stereocenters. The van der Waals surface area contributed by atoms with E-state index in [1.54, 1.807) is 0 Å². The number of phosphoric ester groups is 2. The van der Waals surface area contributed by atoms with Gasteiger partial charge in [-0.1, -0.05) is 0 Å². The molecule has 0 radical (unpaired) electrons. The lowest BCUT2D eigenvalue weighted by Crippen LogP contribution is -2.34. The van der Waals surface area contributed by atoms with Crippen molar-refractivity contribution in [3.05, 3.63) is 27.4 Å². The van der Waals surface area contributed by atoms with Crippen LogP contribution in [-0.2, 0) is 27.2 Å². The van der Waals surface area contributed by atoms with Gasteiger partial charge in [0.25, 0.3) is 5.56 Å². The van der Waals surface area contributed by atoms with Gasteiger partial charge >= 0.3 is 15.6 Å². The van der Waals surface area contributed by atoms with Gasteiger partial charge in [-0.2, -0.15) is 4.31 Å². The van der Waals surface area contributed by atoms with Crippen LogP contribution in [0, 0.1) is 4.77 Å². The summed E-state index contributed by atoms with van der Waals surface area (Å²) < 4.78 is 42.4. The van der Waals surface area contributed by atoms with Gasteiger partial charge < -0.3 is 24.7 Å². The monoisotopic (exact) mass is 448 g/mol. The molecule has 0 aromatic carbocycles. The van der Waals surface area contributed by atoms with Crippen molar-refractivity contribution in [3.8, 4) is 0 Å². The van der Waals surface area contributed by atoms with Crippen LogP contribution < -0.4 is 5.56 Å². The smallest absolute Gasteiger partial charge is 0.387 e. The highest BCUT2D eigenvalue weighted by atomic mass is 32.1. The minimum absolute atomic E-state index is 0.0885. The van der Waals surface area contributed by atoms with Crippen LogP contribution in [0.5, 0.6) is 0 Å². The number of aromatic nitrogens is 2. The highest BCUT2D eigenvalue weighted by molar-refractivity contribution is 7.71. The molecule has 1 aromatic heterocycles. The molecule has 5 N–H and O–H groups in total. The first-order valence-corrected chi connectivity index (χ1v) is 10.8. The molecule has 2 unspecified atom stereocenters. The molecule has 1 aromatic rings. The summed E-state index contributed by atoms with van der Waals surface area (Å²) in [6.07, 6.45) is -4.37. The Morgan fingerprint density at radius 1 is 1.26 bits per heavy atom. The third-order valence-electron chi connectivity index (χ3n) is 3.36. The number of rotatable bonds is 8. The van der Waals surface area contributed by atoms with Crippen LogP contribution in [0.1, 0.15) is 13.2 Å². The van der Waals surface area contributed by atoms with Gasteiger partial charge in [-0.05, 0) is 19.1 Å². The number of nitrogens with one attached hydrogen (secondary N) is 1. The van der Waals surface area contributed by atoms with E-state index in [1.165, 1.54) is 13.1 Å². The zero-order valence-corrected chi connectivity index (χ0v) is 16.4. The average molecular weight is 448 g/mol. The first-order chi connectivity index (χ1) is 12.5. The number of hydrogen-bond donors (Lipinski definition) is 5. The molecule has 0 saturated carbocycles. The zero-order chi connectivity index (χ0) is 20.4. The van der Waals surface area contributed by atoms with Crippen molar-refractivity contribution in [1.29, 1.82) is 0 Å². The van der Waals surface area contributed by atoms with Gasteiger partial charge in [0.15, 0.2) is 11.0 Å². The Kier molecular flexibility index (Phi) is 7.28. The maximum atomic E-state index is 11.7. The van der Waals surface area contributed by atoms with Crippen molar-refractivity contribution in [2.24, 2.45) is 0 Å². The van der Waals surface area contributed by atoms with Crippen LogP contribution in [0.4, 0.5) is 0 Å². The zero-order valence-electron chi connectivity index (χ0n) is 13.8. The molecule has 1 fully saturated rings. The van der Waals surface area contributed by atoms with E-state index in [9.17, 15) is 33.9 Å². The van der Waals surface area contributed by atoms with Gasteiger partial charge in [0.2, 0.25) is 0 Å². The first kappa shape index (κ1) is 22.5.